The molecule has 0 radical (unpaired) electrons. The van der Waals surface area contributed by atoms with E-state index in [2.05, 4.69) is 10.6 Å². The van der Waals surface area contributed by atoms with E-state index >= 15 is 0 Å². The van der Waals surface area contributed by atoms with E-state index in [-0.39, 0.29) is 16.5 Å². The summed E-state index contributed by atoms with van der Waals surface area (Å²) in [5.74, 6) is -0.569. The molecule has 2 N–H and O–H groups in total. The van der Waals surface area contributed by atoms with Gasteiger partial charge in [0.05, 0.1) is 9.92 Å². The molecule has 0 aromatic heterocycles. The van der Waals surface area contributed by atoms with Crippen molar-refractivity contribution in [2.24, 2.45) is 0 Å². The van der Waals surface area contributed by atoms with Crippen LogP contribution >= 0.6 is 11.6 Å². The van der Waals surface area contributed by atoms with Crippen LogP contribution in [-0.4, -0.2) is 32.8 Å². The summed E-state index contributed by atoms with van der Waals surface area (Å²) < 4.78 is 38.1. The lowest BCUT2D eigenvalue weighted by atomic mass is 10.2. The summed E-state index contributed by atoms with van der Waals surface area (Å²) in [6.45, 7) is 0.197. The second-order valence-electron chi connectivity index (χ2n) is 5.37. The number of hydrogen-bond acceptors (Lipinski definition) is 3. The van der Waals surface area contributed by atoms with E-state index in [4.69, 9.17) is 11.6 Å². The molecule has 6 nitrogen and oxygen atoms in total. The summed E-state index contributed by atoms with van der Waals surface area (Å²) in [5.41, 5.74) is 1.08. The van der Waals surface area contributed by atoms with Crippen LogP contribution in [0.25, 0.3) is 0 Å². The van der Waals surface area contributed by atoms with E-state index in [1.54, 1.807) is 12.1 Å². The first-order chi connectivity index (χ1) is 11.7. The standard InChI is InChI=1S/C16H17ClFN3O3S/c1-21(2)25(23,24)13-6-3-11(4-7-13)10-19-16(22)20-12-5-8-15(18)14(17)9-12/h3-9H,10H2,1-2H3,(H2,19,20,22). The molecule has 0 heterocycles. The van der Waals surface area contributed by atoms with Crippen LogP contribution in [0.4, 0.5) is 14.9 Å². The Morgan fingerprint density at radius 3 is 2.36 bits per heavy atom. The maximum absolute atomic E-state index is 13.1. The zero-order chi connectivity index (χ0) is 18.6. The number of hydrogen-bond donors (Lipinski definition) is 2. The number of nitrogens with zero attached hydrogens (tertiary/aromatic N) is 1. The maximum Gasteiger partial charge on any atom is 0.319 e. The molecule has 0 aliphatic heterocycles. The molecule has 0 saturated heterocycles. The maximum atomic E-state index is 13.1. The molecule has 0 saturated carbocycles. The van der Waals surface area contributed by atoms with Gasteiger partial charge in [0.25, 0.3) is 0 Å². The number of urea groups is 1. The van der Waals surface area contributed by atoms with Crippen molar-refractivity contribution in [3.8, 4) is 0 Å². The van der Waals surface area contributed by atoms with Gasteiger partial charge in [0.15, 0.2) is 0 Å². The minimum absolute atomic E-state index is 0.0875. The number of benzene rings is 2. The number of carbonyl (C=O) groups excluding carboxylic acids is 1. The highest BCUT2D eigenvalue weighted by atomic mass is 35.5. The SMILES string of the molecule is CN(C)S(=O)(=O)c1ccc(CNC(=O)Nc2ccc(F)c(Cl)c2)cc1. The number of nitrogens with one attached hydrogen (secondary N) is 2. The lowest BCUT2D eigenvalue weighted by molar-refractivity contribution is 0.251. The van der Waals surface area contributed by atoms with Gasteiger partial charge < -0.3 is 10.6 Å². The van der Waals surface area contributed by atoms with Crippen molar-refractivity contribution in [1.29, 1.82) is 0 Å². The van der Waals surface area contributed by atoms with Crippen molar-refractivity contribution in [2.45, 2.75) is 11.4 Å². The molecular formula is C16H17ClFN3O3S. The highest BCUT2D eigenvalue weighted by molar-refractivity contribution is 7.89. The van der Waals surface area contributed by atoms with Gasteiger partial charge in [-0.3, -0.25) is 0 Å². The quantitative estimate of drug-likeness (QED) is 0.830. The van der Waals surface area contributed by atoms with Gasteiger partial charge >= 0.3 is 6.03 Å². The summed E-state index contributed by atoms with van der Waals surface area (Å²) in [7, 11) is -0.572. The van der Waals surface area contributed by atoms with Crippen LogP contribution in [-0.2, 0) is 16.6 Å². The first-order valence-electron chi connectivity index (χ1n) is 7.21. The molecule has 2 aromatic carbocycles. The fourth-order valence-corrected chi connectivity index (χ4v) is 3.00. The minimum atomic E-state index is -3.48. The molecule has 0 spiro atoms. The van der Waals surface area contributed by atoms with Crippen LogP contribution in [0, 0.1) is 5.82 Å². The van der Waals surface area contributed by atoms with Crippen molar-refractivity contribution < 1.29 is 17.6 Å². The first-order valence-corrected chi connectivity index (χ1v) is 9.03. The monoisotopic (exact) mass is 385 g/mol. The predicted molar refractivity (Wildman–Crippen MR) is 94.6 cm³/mol. The molecule has 134 valence electrons. The van der Waals surface area contributed by atoms with Gasteiger partial charge in [-0.05, 0) is 35.9 Å². The summed E-state index contributed by atoms with van der Waals surface area (Å²) >= 11 is 5.64. The fraction of sp³-hybridized carbons (Fsp3) is 0.188. The van der Waals surface area contributed by atoms with Gasteiger partial charge in [-0.1, -0.05) is 23.7 Å². The zero-order valence-electron chi connectivity index (χ0n) is 13.6. The van der Waals surface area contributed by atoms with Crippen molar-refractivity contribution in [3.63, 3.8) is 0 Å². The van der Waals surface area contributed by atoms with Crippen LogP contribution in [0.2, 0.25) is 5.02 Å². The Labute approximate surface area is 150 Å². The summed E-state index contributed by atoms with van der Waals surface area (Å²) in [6, 6.07) is 9.54. The zero-order valence-corrected chi connectivity index (χ0v) is 15.2. The van der Waals surface area contributed by atoms with Gasteiger partial charge in [-0.25, -0.2) is 21.9 Å². The van der Waals surface area contributed by atoms with Crippen LogP contribution in [0.5, 0.6) is 0 Å². The van der Waals surface area contributed by atoms with Gasteiger partial charge in [0.1, 0.15) is 5.82 Å². The molecule has 9 heteroatoms. The number of sulfonamides is 1. The molecular weight excluding hydrogens is 369 g/mol. The van der Waals surface area contributed by atoms with E-state index in [1.165, 1.54) is 38.4 Å². The fourth-order valence-electron chi connectivity index (χ4n) is 1.92. The molecule has 0 atom stereocenters. The van der Waals surface area contributed by atoms with Crippen molar-refractivity contribution in [3.05, 3.63) is 58.9 Å². The molecule has 0 unspecified atom stereocenters. The summed E-state index contributed by atoms with van der Waals surface area (Å²) in [5, 5.41) is 5.06. The molecule has 0 fully saturated rings. The number of anilines is 1. The Kier molecular flexibility index (Phi) is 5.99. The molecule has 0 bridgehead atoms. The normalized spacial score (nSPS) is 11.4. The number of halogens is 2. The molecule has 0 aliphatic carbocycles. The lowest BCUT2D eigenvalue weighted by Crippen LogP contribution is -2.28. The average molecular weight is 386 g/mol. The summed E-state index contributed by atoms with van der Waals surface area (Å²) in [6.07, 6.45) is 0. The van der Waals surface area contributed by atoms with Gasteiger partial charge in [-0.15, -0.1) is 0 Å². The van der Waals surface area contributed by atoms with E-state index in [9.17, 15) is 17.6 Å². The van der Waals surface area contributed by atoms with Gasteiger partial charge in [0.2, 0.25) is 10.0 Å². The topological polar surface area (TPSA) is 78.5 Å². The van der Waals surface area contributed by atoms with E-state index in [0.717, 1.165) is 15.9 Å². The lowest BCUT2D eigenvalue weighted by Gasteiger charge is -2.12. The van der Waals surface area contributed by atoms with E-state index in [0.29, 0.717) is 5.69 Å². The second kappa shape index (κ2) is 7.81. The third kappa shape index (κ3) is 4.91. The second-order valence-corrected chi connectivity index (χ2v) is 7.93. The Balaban J connectivity index is 1.94. The highest BCUT2D eigenvalue weighted by Gasteiger charge is 2.16. The number of amides is 2. The Bertz CT molecular complexity index is 871. The molecule has 2 amide bonds. The predicted octanol–water partition coefficient (Wildman–Crippen LogP) is 3.05. The summed E-state index contributed by atoms with van der Waals surface area (Å²) in [4.78, 5) is 12.0. The molecule has 25 heavy (non-hydrogen) atoms. The van der Waals surface area contributed by atoms with Crippen molar-refractivity contribution >= 4 is 33.3 Å². The van der Waals surface area contributed by atoms with Gasteiger partial charge in [-0.2, -0.15) is 0 Å². The minimum Gasteiger partial charge on any atom is -0.334 e. The smallest absolute Gasteiger partial charge is 0.319 e. The van der Waals surface area contributed by atoms with Crippen LogP contribution in [0.1, 0.15) is 5.56 Å². The molecule has 2 aromatic rings. The highest BCUT2D eigenvalue weighted by Crippen LogP contribution is 2.19. The Morgan fingerprint density at radius 1 is 1.16 bits per heavy atom. The number of carbonyl (C=O) groups is 1. The molecule has 0 aliphatic rings. The Morgan fingerprint density at radius 2 is 1.80 bits per heavy atom. The van der Waals surface area contributed by atoms with Crippen LogP contribution < -0.4 is 10.6 Å². The van der Waals surface area contributed by atoms with Gasteiger partial charge in [0, 0.05) is 26.3 Å². The van der Waals surface area contributed by atoms with Crippen LogP contribution in [0.3, 0.4) is 0 Å². The Hall–Kier alpha value is -2.16. The van der Waals surface area contributed by atoms with E-state index in [1.807, 2.05) is 0 Å². The third-order valence-electron chi connectivity index (χ3n) is 3.33. The largest absolute Gasteiger partial charge is 0.334 e. The number of rotatable bonds is 5. The van der Waals surface area contributed by atoms with Crippen molar-refractivity contribution in [1.82, 2.24) is 9.62 Å². The first kappa shape index (κ1) is 19.2. The average Bonchev–Trinajstić information content (AvgIpc) is 2.56. The third-order valence-corrected chi connectivity index (χ3v) is 5.45. The van der Waals surface area contributed by atoms with E-state index < -0.39 is 21.9 Å². The van der Waals surface area contributed by atoms with Crippen molar-refractivity contribution in [2.75, 3.05) is 19.4 Å². The molecule has 2 rings (SSSR count). The van der Waals surface area contributed by atoms with Crippen LogP contribution in [0.15, 0.2) is 47.4 Å².